The Kier molecular flexibility index (Phi) is 4.89. The van der Waals surface area contributed by atoms with E-state index >= 15 is 0 Å². The highest BCUT2D eigenvalue weighted by Gasteiger charge is 2.52. The largest absolute Gasteiger partial charge is 0.385 e. The molecular formula is C21H30N6O2. The van der Waals surface area contributed by atoms with Crippen molar-refractivity contribution in [3.63, 3.8) is 0 Å². The van der Waals surface area contributed by atoms with E-state index in [-0.39, 0.29) is 11.9 Å². The summed E-state index contributed by atoms with van der Waals surface area (Å²) in [5.41, 5.74) is 1.08. The molecule has 0 unspecified atom stereocenters. The fourth-order valence-corrected chi connectivity index (χ4v) is 4.68. The highest BCUT2D eigenvalue weighted by molar-refractivity contribution is 6.39. The normalized spacial score (nSPS) is 29.3. The molecule has 2 saturated heterocycles. The second-order valence-corrected chi connectivity index (χ2v) is 9.04. The molecule has 1 spiro atoms. The monoisotopic (exact) mass is 398 g/mol. The molecule has 1 aromatic heterocycles. The number of rotatable bonds is 5. The summed E-state index contributed by atoms with van der Waals surface area (Å²) in [6.07, 6.45) is 9.95. The minimum Gasteiger partial charge on any atom is -0.385 e. The first-order valence-electron chi connectivity index (χ1n) is 10.9. The fourth-order valence-electron chi connectivity index (χ4n) is 4.68. The van der Waals surface area contributed by atoms with Crippen LogP contribution in [-0.4, -0.2) is 70.9 Å². The van der Waals surface area contributed by atoms with Crippen LogP contribution in [0.1, 0.15) is 44.1 Å². The second kappa shape index (κ2) is 7.55. The lowest BCUT2D eigenvalue weighted by molar-refractivity contribution is -0.123. The Hall–Kier alpha value is -2.22. The van der Waals surface area contributed by atoms with Gasteiger partial charge in [0.05, 0.1) is 12.6 Å². The molecule has 3 fully saturated rings. The van der Waals surface area contributed by atoms with E-state index in [0.717, 1.165) is 62.9 Å². The molecule has 8 nitrogen and oxygen atoms in total. The van der Waals surface area contributed by atoms with E-state index in [4.69, 9.17) is 4.84 Å². The topological polar surface area (TPSA) is 83.0 Å². The van der Waals surface area contributed by atoms with Gasteiger partial charge in [0.25, 0.3) is 5.91 Å². The molecule has 1 aromatic rings. The van der Waals surface area contributed by atoms with Gasteiger partial charge in [-0.2, -0.15) is 0 Å². The first-order chi connectivity index (χ1) is 14.1. The molecule has 8 heteroatoms. The van der Waals surface area contributed by atoms with Gasteiger partial charge in [-0.25, -0.2) is 9.97 Å². The Labute approximate surface area is 171 Å². The average molecular weight is 399 g/mol. The smallest absolute Gasteiger partial charge is 0.271 e. The van der Waals surface area contributed by atoms with E-state index in [0.29, 0.717) is 18.7 Å². The van der Waals surface area contributed by atoms with Gasteiger partial charge in [0.15, 0.2) is 5.60 Å². The Morgan fingerprint density at radius 1 is 1.21 bits per heavy atom. The van der Waals surface area contributed by atoms with Gasteiger partial charge in [0, 0.05) is 38.4 Å². The van der Waals surface area contributed by atoms with Crippen molar-refractivity contribution >= 4 is 17.6 Å². The SMILES string of the molecule is Cc1cnc(N2CC[C@@H](NCC3CC3)[C@@]3(CC(C(=O)N4CCCC4)=NO3)C2)nc1. The predicted molar refractivity (Wildman–Crippen MR) is 110 cm³/mol. The van der Waals surface area contributed by atoms with E-state index in [1.807, 2.05) is 24.2 Å². The zero-order valence-corrected chi connectivity index (χ0v) is 17.1. The van der Waals surface area contributed by atoms with Crippen LogP contribution >= 0.6 is 0 Å². The minimum atomic E-state index is -0.536. The fraction of sp³-hybridized carbons (Fsp3) is 0.714. The number of carbonyl (C=O) groups excluding carboxylic acids is 1. The summed E-state index contributed by atoms with van der Waals surface area (Å²) in [4.78, 5) is 32.1. The Balaban J connectivity index is 1.33. The first-order valence-corrected chi connectivity index (χ1v) is 10.9. The minimum absolute atomic E-state index is 0.0454. The number of carbonyl (C=O) groups is 1. The number of aromatic nitrogens is 2. The standard InChI is InChI=1S/C21H30N6O2/c1-15-11-23-20(24-12-15)27-9-6-18(22-13-16-4-5-16)21(14-27)10-17(25-29-21)19(28)26-7-2-3-8-26/h11-12,16,18,22H,2-10,13-14H2,1H3/t18-,21-/m1/s1. The van der Waals surface area contributed by atoms with E-state index in [1.54, 1.807) is 0 Å². The molecule has 1 amide bonds. The van der Waals surface area contributed by atoms with Gasteiger partial charge in [0.2, 0.25) is 5.95 Å². The van der Waals surface area contributed by atoms with E-state index in [1.165, 1.54) is 12.8 Å². The van der Waals surface area contributed by atoms with Gasteiger partial charge in [-0.05, 0) is 57.1 Å². The van der Waals surface area contributed by atoms with Gasteiger partial charge >= 0.3 is 0 Å². The molecule has 4 aliphatic rings. The van der Waals surface area contributed by atoms with Crippen LogP contribution in [0, 0.1) is 12.8 Å². The third-order valence-electron chi connectivity index (χ3n) is 6.63. The van der Waals surface area contributed by atoms with Crippen LogP contribution in [0.3, 0.4) is 0 Å². The van der Waals surface area contributed by atoms with Crippen molar-refractivity contribution in [3.05, 3.63) is 18.0 Å². The van der Waals surface area contributed by atoms with E-state index in [9.17, 15) is 4.79 Å². The molecule has 1 N–H and O–H groups in total. The maximum atomic E-state index is 12.9. The molecule has 0 radical (unpaired) electrons. The highest BCUT2D eigenvalue weighted by atomic mass is 16.7. The van der Waals surface area contributed by atoms with Crippen molar-refractivity contribution in [2.24, 2.45) is 11.1 Å². The number of hydrogen-bond donors (Lipinski definition) is 1. The van der Waals surface area contributed by atoms with Crippen molar-refractivity contribution < 1.29 is 9.63 Å². The van der Waals surface area contributed by atoms with Crippen LogP contribution in [0.5, 0.6) is 0 Å². The third kappa shape index (κ3) is 3.82. The van der Waals surface area contributed by atoms with Crippen LogP contribution in [0.25, 0.3) is 0 Å². The molecule has 4 heterocycles. The quantitative estimate of drug-likeness (QED) is 0.809. The van der Waals surface area contributed by atoms with Gasteiger partial charge in [0.1, 0.15) is 5.71 Å². The summed E-state index contributed by atoms with van der Waals surface area (Å²) in [6.45, 7) is 6.18. The summed E-state index contributed by atoms with van der Waals surface area (Å²) in [5, 5.41) is 8.05. The van der Waals surface area contributed by atoms with Crippen LogP contribution in [-0.2, 0) is 9.63 Å². The Bertz CT molecular complexity index is 787. The number of anilines is 1. The Morgan fingerprint density at radius 2 is 1.97 bits per heavy atom. The molecule has 0 aromatic carbocycles. The maximum Gasteiger partial charge on any atom is 0.271 e. The molecule has 1 saturated carbocycles. The van der Waals surface area contributed by atoms with Crippen molar-refractivity contribution in [3.8, 4) is 0 Å². The number of piperidine rings is 1. The van der Waals surface area contributed by atoms with Gasteiger partial charge in [-0.3, -0.25) is 4.79 Å². The van der Waals surface area contributed by atoms with Crippen LogP contribution in [0.15, 0.2) is 17.5 Å². The van der Waals surface area contributed by atoms with Crippen LogP contribution in [0.4, 0.5) is 5.95 Å². The maximum absolute atomic E-state index is 12.9. The lowest BCUT2D eigenvalue weighted by Crippen LogP contribution is -2.62. The number of aryl methyl sites for hydroxylation is 1. The molecular weight excluding hydrogens is 368 g/mol. The number of nitrogens with one attached hydrogen (secondary N) is 1. The zero-order chi connectivity index (χ0) is 19.8. The summed E-state index contributed by atoms with van der Waals surface area (Å²) in [5.74, 6) is 1.56. The number of nitrogens with zero attached hydrogens (tertiary/aromatic N) is 5. The average Bonchev–Trinajstić information content (AvgIpc) is 3.22. The molecule has 29 heavy (non-hydrogen) atoms. The molecule has 5 rings (SSSR count). The molecule has 3 aliphatic heterocycles. The Morgan fingerprint density at radius 3 is 2.69 bits per heavy atom. The van der Waals surface area contributed by atoms with Gasteiger partial charge in [-0.1, -0.05) is 5.16 Å². The third-order valence-corrected chi connectivity index (χ3v) is 6.63. The van der Waals surface area contributed by atoms with Gasteiger partial charge < -0.3 is 20.0 Å². The molecule has 1 aliphatic carbocycles. The van der Waals surface area contributed by atoms with Crippen LogP contribution in [0.2, 0.25) is 0 Å². The number of hydrogen-bond acceptors (Lipinski definition) is 7. The lowest BCUT2D eigenvalue weighted by atomic mass is 9.83. The highest BCUT2D eigenvalue weighted by Crippen LogP contribution is 2.36. The molecule has 156 valence electrons. The molecule has 2 atom stereocenters. The summed E-state index contributed by atoms with van der Waals surface area (Å²) in [6, 6.07) is 0.178. The summed E-state index contributed by atoms with van der Waals surface area (Å²) >= 11 is 0. The number of likely N-dealkylation sites (tertiary alicyclic amines) is 1. The summed E-state index contributed by atoms with van der Waals surface area (Å²) in [7, 11) is 0. The number of oxime groups is 1. The zero-order valence-electron chi connectivity index (χ0n) is 17.1. The predicted octanol–water partition coefficient (Wildman–Crippen LogP) is 1.50. The molecule has 0 bridgehead atoms. The van der Waals surface area contributed by atoms with Crippen molar-refractivity contribution in [1.82, 2.24) is 20.2 Å². The van der Waals surface area contributed by atoms with Gasteiger partial charge in [-0.15, -0.1) is 0 Å². The summed E-state index contributed by atoms with van der Waals surface area (Å²) < 4.78 is 0. The second-order valence-electron chi connectivity index (χ2n) is 9.04. The van der Waals surface area contributed by atoms with Crippen molar-refractivity contribution in [2.45, 2.75) is 57.1 Å². The lowest BCUT2D eigenvalue weighted by Gasteiger charge is -2.44. The van der Waals surface area contributed by atoms with Crippen molar-refractivity contribution in [2.75, 3.05) is 37.6 Å². The van der Waals surface area contributed by atoms with Crippen molar-refractivity contribution in [1.29, 1.82) is 0 Å². The number of amides is 1. The van der Waals surface area contributed by atoms with Crippen LogP contribution < -0.4 is 10.2 Å². The van der Waals surface area contributed by atoms with E-state index in [2.05, 4.69) is 25.3 Å². The van der Waals surface area contributed by atoms with E-state index < -0.39 is 5.60 Å². The first kappa shape index (κ1) is 18.8.